The smallest absolute Gasteiger partial charge is 0.278 e. The molecule has 0 aliphatic carbocycles. The van der Waals surface area contributed by atoms with E-state index in [2.05, 4.69) is 0 Å². The van der Waals surface area contributed by atoms with Crippen molar-refractivity contribution in [3.8, 4) is 11.5 Å². The lowest BCUT2D eigenvalue weighted by molar-refractivity contribution is -0.384. The summed E-state index contributed by atoms with van der Waals surface area (Å²) in [5, 5.41) is 10.9. The standard InChI is InChI=1S/C22H19ClN2O7S/c1-15-3-10-19(11-4-15)33(29,30)24(17-7-12-21(31-2)20(23)13-17)22(26)14-32-18-8-5-16(6-9-18)25(27)28/h3-13H,14H2,1-2H3. The van der Waals surface area contributed by atoms with E-state index in [4.69, 9.17) is 21.1 Å². The predicted molar refractivity (Wildman–Crippen MR) is 122 cm³/mol. The molecule has 11 heteroatoms. The van der Waals surface area contributed by atoms with Crippen LogP contribution in [0.2, 0.25) is 5.02 Å². The molecule has 0 fully saturated rings. The van der Waals surface area contributed by atoms with Crippen molar-refractivity contribution in [2.24, 2.45) is 0 Å². The van der Waals surface area contributed by atoms with Gasteiger partial charge in [0.2, 0.25) is 0 Å². The van der Waals surface area contributed by atoms with E-state index in [0.29, 0.717) is 10.1 Å². The first-order valence-corrected chi connectivity index (χ1v) is 11.3. The number of benzene rings is 3. The van der Waals surface area contributed by atoms with Crippen molar-refractivity contribution in [1.82, 2.24) is 0 Å². The van der Waals surface area contributed by atoms with Crippen molar-refractivity contribution in [2.75, 3.05) is 18.0 Å². The zero-order valence-electron chi connectivity index (χ0n) is 17.6. The third-order valence-electron chi connectivity index (χ3n) is 4.57. The molecule has 0 atom stereocenters. The fourth-order valence-electron chi connectivity index (χ4n) is 2.88. The molecule has 33 heavy (non-hydrogen) atoms. The van der Waals surface area contributed by atoms with E-state index in [1.807, 2.05) is 0 Å². The lowest BCUT2D eigenvalue weighted by atomic mass is 10.2. The number of halogens is 1. The Balaban J connectivity index is 1.95. The second-order valence-electron chi connectivity index (χ2n) is 6.83. The van der Waals surface area contributed by atoms with E-state index in [1.165, 1.54) is 61.7 Å². The maximum atomic E-state index is 13.4. The van der Waals surface area contributed by atoms with Crippen LogP contribution in [0.5, 0.6) is 11.5 Å². The number of hydrogen-bond acceptors (Lipinski definition) is 7. The van der Waals surface area contributed by atoms with E-state index in [-0.39, 0.29) is 27.0 Å². The van der Waals surface area contributed by atoms with Gasteiger partial charge in [0, 0.05) is 12.1 Å². The Morgan fingerprint density at radius 1 is 1.06 bits per heavy atom. The molecular formula is C22H19ClN2O7S. The Morgan fingerprint density at radius 3 is 2.24 bits per heavy atom. The van der Waals surface area contributed by atoms with Crippen LogP contribution < -0.4 is 13.8 Å². The highest BCUT2D eigenvalue weighted by Gasteiger charge is 2.32. The zero-order valence-corrected chi connectivity index (χ0v) is 19.2. The summed E-state index contributed by atoms with van der Waals surface area (Å²) < 4.78 is 37.9. The molecule has 0 saturated carbocycles. The number of aryl methyl sites for hydroxylation is 1. The van der Waals surface area contributed by atoms with Gasteiger partial charge in [0.1, 0.15) is 11.5 Å². The molecule has 0 spiro atoms. The Hall–Kier alpha value is -3.63. The summed E-state index contributed by atoms with van der Waals surface area (Å²) in [7, 11) is -2.91. The number of nitrogens with zero attached hydrogens (tertiary/aromatic N) is 2. The number of carbonyl (C=O) groups excluding carboxylic acids is 1. The van der Waals surface area contributed by atoms with Crippen LogP contribution in [0.15, 0.2) is 71.6 Å². The maximum absolute atomic E-state index is 13.4. The third-order valence-corrected chi connectivity index (χ3v) is 6.62. The molecule has 172 valence electrons. The number of carbonyl (C=O) groups is 1. The fraction of sp³-hybridized carbons (Fsp3) is 0.136. The molecule has 3 aromatic rings. The van der Waals surface area contributed by atoms with Gasteiger partial charge < -0.3 is 9.47 Å². The highest BCUT2D eigenvalue weighted by molar-refractivity contribution is 7.93. The minimum absolute atomic E-state index is 0.00123. The van der Waals surface area contributed by atoms with Gasteiger partial charge in [0.05, 0.1) is 27.6 Å². The topological polar surface area (TPSA) is 116 Å². The van der Waals surface area contributed by atoms with Gasteiger partial charge in [-0.1, -0.05) is 29.3 Å². The second kappa shape index (κ2) is 9.88. The van der Waals surface area contributed by atoms with Crippen molar-refractivity contribution < 1.29 is 27.6 Å². The third kappa shape index (κ3) is 5.41. The van der Waals surface area contributed by atoms with E-state index >= 15 is 0 Å². The first-order chi connectivity index (χ1) is 15.6. The number of amides is 1. The number of sulfonamides is 1. The van der Waals surface area contributed by atoms with Gasteiger partial charge in [0.15, 0.2) is 6.61 Å². The molecule has 0 aliphatic rings. The normalized spacial score (nSPS) is 11.0. The number of methoxy groups -OCH3 is 1. The molecule has 0 heterocycles. The molecule has 0 bridgehead atoms. The van der Waals surface area contributed by atoms with Crippen LogP contribution in [0.1, 0.15) is 5.56 Å². The molecule has 1 amide bonds. The number of rotatable bonds is 8. The molecule has 0 N–H and O–H groups in total. The summed E-state index contributed by atoms with van der Waals surface area (Å²) in [6, 6.07) is 15.2. The number of nitro groups is 1. The fourth-order valence-corrected chi connectivity index (χ4v) is 4.54. The Morgan fingerprint density at radius 2 is 1.70 bits per heavy atom. The molecule has 0 radical (unpaired) electrons. The first-order valence-electron chi connectivity index (χ1n) is 9.49. The highest BCUT2D eigenvalue weighted by atomic mass is 35.5. The zero-order chi connectivity index (χ0) is 24.2. The molecule has 0 aromatic heterocycles. The SMILES string of the molecule is COc1ccc(N(C(=O)COc2ccc([N+](=O)[O-])cc2)S(=O)(=O)c2ccc(C)cc2)cc1Cl. The summed E-state index contributed by atoms with van der Waals surface area (Å²) in [6.07, 6.45) is 0. The van der Waals surface area contributed by atoms with Crippen LogP contribution in [-0.4, -0.2) is 33.0 Å². The number of ether oxygens (including phenoxy) is 2. The van der Waals surface area contributed by atoms with Gasteiger partial charge in [-0.25, -0.2) is 8.42 Å². The maximum Gasteiger partial charge on any atom is 0.278 e. The Labute approximate surface area is 195 Å². The molecule has 3 rings (SSSR count). The van der Waals surface area contributed by atoms with Crippen LogP contribution in [0.25, 0.3) is 0 Å². The number of nitro benzene ring substituents is 1. The van der Waals surface area contributed by atoms with Crippen molar-refractivity contribution in [2.45, 2.75) is 11.8 Å². The van der Waals surface area contributed by atoms with E-state index in [0.717, 1.165) is 5.56 Å². The van der Waals surface area contributed by atoms with E-state index in [9.17, 15) is 23.3 Å². The number of non-ortho nitro benzene ring substituents is 1. The van der Waals surface area contributed by atoms with Crippen LogP contribution in [-0.2, 0) is 14.8 Å². The summed E-state index contributed by atoms with van der Waals surface area (Å²) in [6.45, 7) is 1.16. The first kappa shape index (κ1) is 24.0. The Kier molecular flexibility index (Phi) is 7.19. The summed E-state index contributed by atoms with van der Waals surface area (Å²) in [5.74, 6) is -0.424. The average molecular weight is 491 g/mol. The van der Waals surface area contributed by atoms with Crippen molar-refractivity contribution in [3.63, 3.8) is 0 Å². The minimum Gasteiger partial charge on any atom is -0.495 e. The molecule has 0 saturated heterocycles. The van der Waals surface area contributed by atoms with Crippen LogP contribution >= 0.6 is 11.6 Å². The molecule has 0 aliphatic heterocycles. The van der Waals surface area contributed by atoms with Gasteiger partial charge in [-0.05, 0) is 49.4 Å². The van der Waals surface area contributed by atoms with E-state index < -0.39 is 27.5 Å². The van der Waals surface area contributed by atoms with Crippen LogP contribution in [0, 0.1) is 17.0 Å². The quantitative estimate of drug-likeness (QED) is 0.340. The lowest BCUT2D eigenvalue weighted by Gasteiger charge is -2.23. The summed E-state index contributed by atoms with van der Waals surface area (Å²) >= 11 is 6.16. The largest absolute Gasteiger partial charge is 0.495 e. The molecular weight excluding hydrogens is 472 g/mol. The minimum atomic E-state index is -4.31. The average Bonchev–Trinajstić information content (AvgIpc) is 2.78. The number of hydrogen-bond donors (Lipinski definition) is 0. The highest BCUT2D eigenvalue weighted by Crippen LogP contribution is 2.32. The van der Waals surface area contributed by atoms with Crippen LogP contribution in [0.3, 0.4) is 0 Å². The van der Waals surface area contributed by atoms with Gasteiger partial charge in [-0.15, -0.1) is 0 Å². The predicted octanol–water partition coefficient (Wildman–Crippen LogP) is 4.37. The summed E-state index contributed by atoms with van der Waals surface area (Å²) in [4.78, 5) is 23.2. The van der Waals surface area contributed by atoms with E-state index in [1.54, 1.807) is 19.1 Å². The summed E-state index contributed by atoms with van der Waals surface area (Å²) in [5.41, 5.74) is 0.699. The van der Waals surface area contributed by atoms with Gasteiger partial charge in [-0.2, -0.15) is 4.31 Å². The monoisotopic (exact) mass is 490 g/mol. The molecule has 9 nitrogen and oxygen atoms in total. The second-order valence-corrected chi connectivity index (χ2v) is 9.03. The molecule has 3 aromatic carbocycles. The number of anilines is 1. The Bertz CT molecular complexity index is 1280. The van der Waals surface area contributed by atoms with Gasteiger partial charge in [0.25, 0.3) is 21.6 Å². The van der Waals surface area contributed by atoms with Gasteiger partial charge in [-0.3, -0.25) is 14.9 Å². The van der Waals surface area contributed by atoms with Crippen molar-refractivity contribution in [1.29, 1.82) is 0 Å². The van der Waals surface area contributed by atoms with Crippen molar-refractivity contribution >= 4 is 38.9 Å². The van der Waals surface area contributed by atoms with Crippen molar-refractivity contribution in [3.05, 3.63) is 87.4 Å². The van der Waals surface area contributed by atoms with Crippen LogP contribution in [0.4, 0.5) is 11.4 Å². The molecule has 0 unspecified atom stereocenters. The lowest BCUT2D eigenvalue weighted by Crippen LogP contribution is -2.40. The van der Waals surface area contributed by atoms with Gasteiger partial charge >= 0.3 is 0 Å².